The van der Waals surface area contributed by atoms with E-state index in [1.807, 2.05) is 0 Å². The van der Waals surface area contributed by atoms with Gasteiger partial charge in [0.05, 0.1) is 0 Å². The molecule has 28 heavy (non-hydrogen) atoms. The van der Waals surface area contributed by atoms with Crippen LogP contribution in [0.25, 0.3) is 0 Å². The van der Waals surface area contributed by atoms with Crippen LogP contribution in [0.2, 0.25) is 0 Å². The van der Waals surface area contributed by atoms with E-state index >= 15 is 0 Å². The smallest absolute Gasteiger partial charge is 0.341 e. The van der Waals surface area contributed by atoms with Gasteiger partial charge in [-0.2, -0.15) is 39.5 Å². The third kappa shape index (κ3) is 5.74. The molecular weight excluding hydrogens is 461 g/mol. The van der Waals surface area contributed by atoms with Crippen LogP contribution in [0.5, 0.6) is 0 Å². The van der Waals surface area contributed by atoms with E-state index in [9.17, 15) is 61.1 Å². The highest BCUT2D eigenvalue weighted by molar-refractivity contribution is 8.09. The van der Waals surface area contributed by atoms with Crippen LogP contribution in [0.3, 0.4) is 0 Å². The number of amides is 1. The monoisotopic (exact) mass is 473 g/mol. The lowest BCUT2D eigenvalue weighted by atomic mass is 10.1. The molecule has 1 amide bonds. The Morgan fingerprint density at radius 1 is 0.893 bits per heavy atom. The molecule has 0 aromatic rings. The van der Waals surface area contributed by atoms with Gasteiger partial charge in [-0.1, -0.05) is 13.5 Å². The Balaban J connectivity index is 6.45. The quantitative estimate of drug-likeness (QED) is 0.453. The molecule has 0 aliphatic heterocycles. The van der Waals surface area contributed by atoms with Gasteiger partial charge in [-0.05, 0) is 6.42 Å². The fourth-order valence-electron chi connectivity index (χ4n) is 1.61. The van der Waals surface area contributed by atoms with Crippen molar-refractivity contribution in [1.29, 1.82) is 0 Å². The summed E-state index contributed by atoms with van der Waals surface area (Å²) in [5, 5.41) is 0.958. The van der Waals surface area contributed by atoms with E-state index < -0.39 is 65.4 Å². The van der Waals surface area contributed by atoms with Crippen LogP contribution in [0.4, 0.5) is 39.5 Å². The number of hydrogen-bond acceptors (Lipinski definition) is 5. The van der Waals surface area contributed by atoms with E-state index in [2.05, 4.69) is 6.58 Å². The lowest BCUT2D eigenvalue weighted by Crippen LogP contribution is -2.53. The van der Waals surface area contributed by atoms with Gasteiger partial charge in [0.2, 0.25) is 5.91 Å². The molecule has 0 saturated heterocycles. The predicted molar refractivity (Wildman–Crippen MR) is 75.8 cm³/mol. The maximum atomic E-state index is 13.0. The Hall–Kier alpha value is -1.52. The van der Waals surface area contributed by atoms with Crippen molar-refractivity contribution in [2.24, 2.45) is 0 Å². The Morgan fingerprint density at radius 2 is 1.25 bits per heavy atom. The fraction of sp³-hybridized carbons (Fsp3) is 0.727. The Kier molecular flexibility index (Phi) is 7.64. The zero-order chi connectivity index (χ0) is 22.9. The van der Waals surface area contributed by atoms with Gasteiger partial charge in [0, 0.05) is 12.0 Å². The summed E-state index contributed by atoms with van der Waals surface area (Å²) in [6.45, 7) is 4.21. The Labute approximate surface area is 152 Å². The lowest BCUT2D eigenvalue weighted by Gasteiger charge is -2.27. The molecule has 0 aliphatic carbocycles. The minimum atomic E-state index is -7.28. The van der Waals surface area contributed by atoms with E-state index in [1.54, 1.807) is 0 Å². The van der Waals surface area contributed by atoms with E-state index in [0.717, 1.165) is 5.32 Å². The fourth-order valence-corrected chi connectivity index (χ4v) is 5.08. The van der Waals surface area contributed by atoms with E-state index in [4.69, 9.17) is 0 Å². The summed E-state index contributed by atoms with van der Waals surface area (Å²) in [7, 11) is -14.6. The van der Waals surface area contributed by atoms with Crippen LogP contribution in [0, 0.1) is 0 Å². The molecule has 0 fully saturated rings. The number of carbonyl (C=O) groups is 1. The van der Waals surface area contributed by atoms with Crippen LogP contribution in [-0.4, -0.2) is 50.6 Å². The first-order chi connectivity index (χ1) is 12.1. The predicted octanol–water partition coefficient (Wildman–Crippen LogP) is 2.59. The van der Waals surface area contributed by atoms with Crippen molar-refractivity contribution in [3.05, 3.63) is 12.2 Å². The van der Waals surface area contributed by atoms with Gasteiger partial charge >= 0.3 is 17.2 Å². The van der Waals surface area contributed by atoms with Crippen LogP contribution < -0.4 is 5.32 Å². The summed E-state index contributed by atoms with van der Waals surface area (Å²) in [5.74, 6) is -1.67. The Morgan fingerprint density at radius 3 is 1.50 bits per heavy atom. The van der Waals surface area contributed by atoms with Gasteiger partial charge in [0.15, 0.2) is 4.58 Å². The number of alkyl halides is 9. The molecule has 0 saturated carbocycles. The molecule has 17 heteroatoms. The van der Waals surface area contributed by atoms with E-state index in [-0.39, 0.29) is 6.42 Å². The molecule has 166 valence electrons. The minimum Gasteiger partial charge on any atom is -0.341 e. The number of rotatable bonds is 7. The van der Waals surface area contributed by atoms with Gasteiger partial charge in [0.1, 0.15) is 6.04 Å². The standard InChI is InChI=1S/C11H12F9NO5S2/c1-3-5(2)8(22)21-6(9(12,13)14)4-7(27(23,24)10(15,16)17)28(25,26)11(18,19)20/h6-7H,2-4H2,1H3,(H,21,22). The minimum absolute atomic E-state index is 0.276. The van der Waals surface area contributed by atoms with E-state index in [1.165, 1.54) is 6.92 Å². The maximum absolute atomic E-state index is 13.0. The molecule has 0 aromatic heterocycles. The summed E-state index contributed by atoms with van der Waals surface area (Å²) >= 11 is 0. The summed E-state index contributed by atoms with van der Waals surface area (Å²) in [6, 6.07) is -3.66. The van der Waals surface area contributed by atoms with Crippen molar-refractivity contribution >= 4 is 25.6 Å². The highest BCUT2D eigenvalue weighted by Crippen LogP contribution is 2.39. The topological polar surface area (TPSA) is 97.4 Å². The maximum Gasteiger partial charge on any atom is 0.498 e. The molecule has 1 N–H and O–H groups in total. The molecule has 0 radical (unpaired) electrons. The van der Waals surface area contributed by atoms with Crippen LogP contribution in [0.1, 0.15) is 19.8 Å². The van der Waals surface area contributed by atoms with E-state index in [0.29, 0.717) is 0 Å². The molecule has 0 aliphatic rings. The second-order valence-electron chi connectivity index (χ2n) is 5.17. The highest BCUT2D eigenvalue weighted by atomic mass is 32.3. The number of nitrogens with one attached hydrogen (secondary N) is 1. The summed E-state index contributed by atoms with van der Waals surface area (Å²) in [4.78, 5) is 11.5. The average Bonchev–Trinajstić information content (AvgIpc) is 2.46. The molecule has 0 heterocycles. The first-order valence-corrected chi connectivity index (χ1v) is 9.85. The van der Waals surface area contributed by atoms with Crippen molar-refractivity contribution in [3.8, 4) is 0 Å². The normalized spacial score (nSPS) is 15.4. The van der Waals surface area contributed by atoms with Gasteiger partial charge in [-0.25, -0.2) is 16.8 Å². The lowest BCUT2D eigenvalue weighted by molar-refractivity contribution is -0.161. The summed E-state index contributed by atoms with van der Waals surface area (Å²) in [5.41, 5.74) is -13.8. The molecule has 1 unspecified atom stereocenters. The van der Waals surface area contributed by atoms with Gasteiger partial charge < -0.3 is 5.32 Å². The SMILES string of the molecule is C=C(CC)C(=O)NC(CC(S(=O)(=O)C(F)(F)F)S(=O)(=O)C(F)(F)F)C(F)(F)F. The zero-order valence-corrected chi connectivity index (χ0v) is 15.2. The molecule has 0 spiro atoms. The molecule has 0 bridgehead atoms. The number of sulfone groups is 2. The summed E-state index contributed by atoms with van der Waals surface area (Å²) in [6.07, 6.45) is -8.85. The zero-order valence-electron chi connectivity index (χ0n) is 13.5. The van der Waals surface area contributed by atoms with Crippen LogP contribution in [0.15, 0.2) is 12.2 Å². The van der Waals surface area contributed by atoms with Crippen molar-refractivity contribution in [3.63, 3.8) is 0 Å². The largest absolute Gasteiger partial charge is 0.498 e. The molecular formula is C11H12F9NO5S2. The third-order valence-corrected chi connectivity index (χ3v) is 7.79. The Bertz CT molecular complexity index is 765. The number of carbonyl (C=O) groups excluding carboxylic acids is 1. The first kappa shape index (κ1) is 26.5. The second-order valence-corrected chi connectivity index (χ2v) is 9.71. The van der Waals surface area contributed by atoms with Crippen molar-refractivity contribution < 1.29 is 61.1 Å². The second kappa shape index (κ2) is 8.08. The van der Waals surface area contributed by atoms with Crippen molar-refractivity contribution in [2.45, 2.75) is 47.6 Å². The summed E-state index contributed by atoms with van der Waals surface area (Å²) < 4.78 is 155. The van der Waals surface area contributed by atoms with Crippen LogP contribution in [-0.2, 0) is 24.5 Å². The number of hydrogen-bond donors (Lipinski definition) is 1. The average molecular weight is 473 g/mol. The van der Waals surface area contributed by atoms with Gasteiger partial charge in [0.25, 0.3) is 19.7 Å². The molecule has 1 atom stereocenters. The molecule has 0 rings (SSSR count). The van der Waals surface area contributed by atoms with Crippen LogP contribution >= 0.6 is 0 Å². The number of halogens is 9. The molecule has 0 aromatic carbocycles. The van der Waals surface area contributed by atoms with Gasteiger partial charge in [-0.15, -0.1) is 0 Å². The molecule has 6 nitrogen and oxygen atoms in total. The third-order valence-electron chi connectivity index (χ3n) is 3.21. The first-order valence-electron chi connectivity index (χ1n) is 6.76. The van der Waals surface area contributed by atoms with Gasteiger partial charge in [-0.3, -0.25) is 4.79 Å². The highest BCUT2D eigenvalue weighted by Gasteiger charge is 2.64. The van der Waals surface area contributed by atoms with Crippen molar-refractivity contribution in [2.75, 3.05) is 0 Å². The van der Waals surface area contributed by atoms with Crippen molar-refractivity contribution in [1.82, 2.24) is 5.32 Å².